The lowest BCUT2D eigenvalue weighted by Crippen LogP contribution is -2.23. The second-order valence-corrected chi connectivity index (χ2v) is 8.43. The van der Waals surface area contributed by atoms with Crippen molar-refractivity contribution >= 4 is 17.2 Å². The van der Waals surface area contributed by atoms with Crippen LogP contribution in [0.25, 0.3) is 10.6 Å². The second kappa shape index (κ2) is 9.67. The van der Waals surface area contributed by atoms with Gasteiger partial charge in [0.15, 0.2) is 11.5 Å². The number of halogens is 3. The molecule has 1 amide bonds. The molecule has 0 fully saturated rings. The zero-order valence-corrected chi connectivity index (χ0v) is 18.8. The number of amides is 1. The maximum Gasteiger partial charge on any atom is 0.271 e. The van der Waals surface area contributed by atoms with Gasteiger partial charge in [0.1, 0.15) is 40.5 Å². The van der Waals surface area contributed by atoms with Crippen LogP contribution in [0.5, 0.6) is 17.2 Å². The molecule has 0 spiro atoms. The number of carbonyl (C=O) groups is 1. The Morgan fingerprint density at radius 2 is 1.86 bits per heavy atom. The van der Waals surface area contributed by atoms with Crippen molar-refractivity contribution in [2.75, 3.05) is 6.79 Å². The number of hydrogen-bond donors (Lipinski definition) is 1. The smallest absolute Gasteiger partial charge is 0.271 e. The zero-order chi connectivity index (χ0) is 24.4. The molecule has 0 bridgehead atoms. The monoisotopic (exact) mass is 498 g/mol. The Hall–Kier alpha value is -4.05. The summed E-state index contributed by atoms with van der Waals surface area (Å²) in [5, 5.41) is 4.63. The van der Waals surface area contributed by atoms with Crippen molar-refractivity contribution in [2.45, 2.75) is 13.2 Å². The fourth-order valence-electron chi connectivity index (χ4n) is 3.40. The Morgan fingerprint density at radius 3 is 2.71 bits per heavy atom. The maximum atomic E-state index is 14.7. The first-order valence-electron chi connectivity index (χ1n) is 10.4. The van der Waals surface area contributed by atoms with Gasteiger partial charge in [0, 0.05) is 29.1 Å². The Kier molecular flexibility index (Phi) is 6.28. The molecule has 1 aliphatic heterocycles. The lowest BCUT2D eigenvalue weighted by molar-refractivity contribution is 0.0946. The second-order valence-electron chi connectivity index (χ2n) is 7.57. The Morgan fingerprint density at radius 1 is 1.00 bits per heavy atom. The van der Waals surface area contributed by atoms with Crippen molar-refractivity contribution in [3.63, 3.8) is 0 Å². The van der Waals surface area contributed by atoms with Crippen LogP contribution in [0.3, 0.4) is 0 Å². The molecule has 0 atom stereocenters. The number of fused-ring (bicyclic) bond motifs is 1. The van der Waals surface area contributed by atoms with Crippen LogP contribution in [0.4, 0.5) is 13.2 Å². The normalized spacial score (nSPS) is 12.0. The van der Waals surface area contributed by atoms with Crippen LogP contribution in [0.15, 0.2) is 60.0 Å². The molecule has 178 valence electrons. The Bertz CT molecular complexity index is 1410. The predicted molar refractivity (Wildman–Crippen MR) is 122 cm³/mol. The van der Waals surface area contributed by atoms with Gasteiger partial charge in [0.2, 0.25) is 6.79 Å². The molecular weight excluding hydrogens is 481 g/mol. The molecule has 1 N–H and O–H groups in total. The van der Waals surface area contributed by atoms with Crippen molar-refractivity contribution in [3.8, 4) is 27.8 Å². The molecule has 1 aromatic heterocycles. The average molecular weight is 498 g/mol. The molecule has 0 saturated heterocycles. The number of nitrogens with one attached hydrogen (secondary N) is 1. The number of aromatic nitrogens is 1. The molecule has 0 unspecified atom stereocenters. The highest BCUT2D eigenvalue weighted by molar-refractivity contribution is 7.13. The minimum atomic E-state index is -0.621. The quantitative estimate of drug-likeness (QED) is 0.366. The van der Waals surface area contributed by atoms with E-state index in [1.165, 1.54) is 12.1 Å². The van der Waals surface area contributed by atoms with E-state index >= 15 is 0 Å². The van der Waals surface area contributed by atoms with E-state index in [-0.39, 0.29) is 42.5 Å². The highest BCUT2D eigenvalue weighted by atomic mass is 32.1. The highest BCUT2D eigenvalue weighted by Crippen LogP contribution is 2.33. The average Bonchev–Trinajstić information content (AvgIpc) is 3.53. The van der Waals surface area contributed by atoms with Crippen molar-refractivity contribution in [1.82, 2.24) is 10.3 Å². The van der Waals surface area contributed by atoms with Crippen LogP contribution in [0.1, 0.15) is 21.6 Å². The van der Waals surface area contributed by atoms with E-state index in [1.54, 1.807) is 17.5 Å². The van der Waals surface area contributed by atoms with Gasteiger partial charge >= 0.3 is 0 Å². The molecule has 10 heteroatoms. The van der Waals surface area contributed by atoms with E-state index in [2.05, 4.69) is 10.3 Å². The summed E-state index contributed by atoms with van der Waals surface area (Å²) in [6.45, 7) is 0.171. The molecule has 4 aromatic rings. The van der Waals surface area contributed by atoms with E-state index in [0.29, 0.717) is 16.5 Å². The van der Waals surface area contributed by atoms with Crippen molar-refractivity contribution < 1.29 is 32.2 Å². The Labute approximate surface area is 201 Å². The Balaban J connectivity index is 1.22. The van der Waals surface area contributed by atoms with Crippen molar-refractivity contribution in [3.05, 3.63) is 94.2 Å². The fourth-order valence-corrected chi connectivity index (χ4v) is 4.23. The van der Waals surface area contributed by atoms with Gasteiger partial charge in [-0.1, -0.05) is 6.07 Å². The summed E-state index contributed by atoms with van der Waals surface area (Å²) in [6.07, 6.45) is 0. The van der Waals surface area contributed by atoms with Crippen LogP contribution in [-0.2, 0) is 13.2 Å². The number of carbonyl (C=O) groups excluding carboxylic acids is 1. The standard InChI is InChI=1S/C25H17F3N2O4S/c26-16-2-5-19(27)15(8-16)11-32-17-3-4-18(20(28)9-17)25-30-21(12-35-25)24(31)29-10-14-1-6-22-23(7-14)34-13-33-22/h1-9,12H,10-11,13H2,(H,29,31). The van der Waals surface area contributed by atoms with Gasteiger partial charge in [0.25, 0.3) is 5.91 Å². The molecule has 0 saturated carbocycles. The van der Waals surface area contributed by atoms with E-state index < -0.39 is 23.4 Å². The number of thiazole rings is 1. The number of benzene rings is 3. The topological polar surface area (TPSA) is 69.7 Å². The summed E-state index contributed by atoms with van der Waals surface area (Å²) >= 11 is 1.12. The van der Waals surface area contributed by atoms with Crippen LogP contribution in [-0.4, -0.2) is 17.7 Å². The zero-order valence-electron chi connectivity index (χ0n) is 18.0. The van der Waals surface area contributed by atoms with E-state index in [0.717, 1.165) is 41.2 Å². The maximum absolute atomic E-state index is 14.7. The summed E-state index contributed by atoms with van der Waals surface area (Å²) in [4.78, 5) is 16.8. The van der Waals surface area contributed by atoms with E-state index in [9.17, 15) is 18.0 Å². The van der Waals surface area contributed by atoms with Gasteiger partial charge in [-0.05, 0) is 48.0 Å². The molecule has 3 aromatic carbocycles. The van der Waals surface area contributed by atoms with Gasteiger partial charge in [-0.2, -0.15) is 0 Å². The molecule has 35 heavy (non-hydrogen) atoms. The summed E-state index contributed by atoms with van der Waals surface area (Å²) in [5.41, 5.74) is 1.20. The largest absolute Gasteiger partial charge is 0.489 e. The number of nitrogens with zero attached hydrogens (tertiary/aromatic N) is 1. The third kappa shape index (κ3) is 5.07. The third-order valence-corrected chi connectivity index (χ3v) is 6.08. The number of ether oxygens (including phenoxy) is 3. The van der Waals surface area contributed by atoms with Crippen molar-refractivity contribution in [2.24, 2.45) is 0 Å². The molecule has 2 heterocycles. The van der Waals surface area contributed by atoms with E-state index in [4.69, 9.17) is 14.2 Å². The van der Waals surface area contributed by atoms with Gasteiger partial charge in [-0.15, -0.1) is 11.3 Å². The summed E-state index contributed by atoms with van der Waals surface area (Å²) < 4.78 is 57.8. The minimum absolute atomic E-state index is 0.0193. The molecule has 5 rings (SSSR count). The first kappa shape index (κ1) is 22.7. The summed E-state index contributed by atoms with van der Waals surface area (Å²) in [7, 11) is 0. The fraction of sp³-hybridized carbons (Fsp3) is 0.120. The lowest BCUT2D eigenvalue weighted by atomic mass is 10.2. The van der Waals surface area contributed by atoms with Gasteiger partial charge < -0.3 is 19.5 Å². The first-order chi connectivity index (χ1) is 17.0. The molecule has 0 radical (unpaired) electrons. The van der Waals surface area contributed by atoms with Crippen molar-refractivity contribution in [1.29, 1.82) is 0 Å². The lowest BCUT2D eigenvalue weighted by Gasteiger charge is -2.09. The van der Waals surface area contributed by atoms with Gasteiger partial charge in [-0.25, -0.2) is 18.2 Å². The molecular formula is C25H17F3N2O4S. The SMILES string of the molecule is O=C(NCc1ccc2c(c1)OCO2)c1csc(-c2ccc(OCc3cc(F)ccc3F)cc2F)n1. The molecule has 0 aliphatic carbocycles. The predicted octanol–water partition coefficient (Wildman–Crippen LogP) is 5.47. The van der Waals surface area contributed by atoms with Crippen LogP contribution in [0.2, 0.25) is 0 Å². The number of rotatable bonds is 7. The summed E-state index contributed by atoms with van der Waals surface area (Å²) in [6, 6.07) is 12.5. The highest BCUT2D eigenvalue weighted by Gasteiger charge is 2.17. The number of hydrogen-bond acceptors (Lipinski definition) is 6. The van der Waals surface area contributed by atoms with Gasteiger partial charge in [-0.3, -0.25) is 4.79 Å². The van der Waals surface area contributed by atoms with Crippen LogP contribution >= 0.6 is 11.3 Å². The summed E-state index contributed by atoms with van der Waals surface area (Å²) in [5.74, 6) is -0.804. The minimum Gasteiger partial charge on any atom is -0.489 e. The molecule has 6 nitrogen and oxygen atoms in total. The van der Waals surface area contributed by atoms with Crippen LogP contribution < -0.4 is 19.5 Å². The van der Waals surface area contributed by atoms with Crippen LogP contribution in [0, 0.1) is 17.5 Å². The molecule has 1 aliphatic rings. The van der Waals surface area contributed by atoms with E-state index in [1.807, 2.05) is 6.07 Å². The van der Waals surface area contributed by atoms with Gasteiger partial charge in [0.05, 0.1) is 0 Å². The third-order valence-electron chi connectivity index (χ3n) is 5.20. The first-order valence-corrected chi connectivity index (χ1v) is 11.3.